The Morgan fingerprint density at radius 3 is 2.47 bits per heavy atom. The van der Waals surface area contributed by atoms with Crippen LogP contribution in [0.25, 0.3) is 0 Å². The van der Waals surface area contributed by atoms with E-state index < -0.39 is 11.9 Å². The lowest BCUT2D eigenvalue weighted by atomic mass is 9.97. The number of carboxylic acids is 1. The SMILES string of the molecule is Cc1ccc(C(=O)O)c(C(=O)OC2CCCCC2)c1. The Kier molecular flexibility index (Phi) is 4.20. The molecule has 1 N–H and O–H groups in total. The van der Waals surface area contributed by atoms with Gasteiger partial charge in [-0.25, -0.2) is 9.59 Å². The summed E-state index contributed by atoms with van der Waals surface area (Å²) in [5, 5.41) is 9.10. The summed E-state index contributed by atoms with van der Waals surface area (Å²) in [6, 6.07) is 4.71. The van der Waals surface area contributed by atoms with Crippen LogP contribution in [0.2, 0.25) is 0 Å². The summed E-state index contributed by atoms with van der Waals surface area (Å²) in [7, 11) is 0. The van der Waals surface area contributed by atoms with E-state index in [1.165, 1.54) is 12.5 Å². The van der Waals surface area contributed by atoms with Crippen LogP contribution in [0.5, 0.6) is 0 Å². The number of benzene rings is 1. The van der Waals surface area contributed by atoms with Crippen molar-refractivity contribution < 1.29 is 19.4 Å². The van der Waals surface area contributed by atoms with Crippen LogP contribution in [-0.2, 0) is 4.74 Å². The van der Waals surface area contributed by atoms with E-state index in [1.807, 2.05) is 6.92 Å². The van der Waals surface area contributed by atoms with Gasteiger partial charge in [-0.3, -0.25) is 0 Å². The van der Waals surface area contributed by atoms with Crippen LogP contribution in [0.1, 0.15) is 58.4 Å². The smallest absolute Gasteiger partial charge is 0.339 e. The van der Waals surface area contributed by atoms with Crippen LogP contribution in [0, 0.1) is 6.92 Å². The summed E-state index contributed by atoms with van der Waals surface area (Å²) in [6.07, 6.45) is 5.00. The predicted octanol–water partition coefficient (Wildman–Crippen LogP) is 3.18. The number of aromatic carboxylic acids is 1. The number of ether oxygens (including phenoxy) is 1. The van der Waals surface area contributed by atoms with E-state index in [1.54, 1.807) is 12.1 Å². The molecule has 0 radical (unpaired) electrons. The fraction of sp³-hybridized carbons (Fsp3) is 0.467. The Morgan fingerprint density at radius 2 is 1.84 bits per heavy atom. The zero-order valence-electron chi connectivity index (χ0n) is 11.0. The molecule has 1 aromatic rings. The minimum Gasteiger partial charge on any atom is -0.478 e. The normalized spacial score (nSPS) is 16.1. The zero-order valence-corrected chi connectivity index (χ0v) is 11.0. The van der Waals surface area contributed by atoms with E-state index in [0.29, 0.717) is 0 Å². The van der Waals surface area contributed by atoms with Gasteiger partial charge in [0.15, 0.2) is 0 Å². The average molecular weight is 262 g/mol. The molecule has 0 spiro atoms. The topological polar surface area (TPSA) is 63.6 Å². The van der Waals surface area contributed by atoms with Crippen molar-refractivity contribution in [3.05, 3.63) is 34.9 Å². The van der Waals surface area contributed by atoms with Gasteiger partial charge in [0.05, 0.1) is 11.1 Å². The molecule has 0 aliphatic heterocycles. The molecule has 0 saturated heterocycles. The summed E-state index contributed by atoms with van der Waals surface area (Å²) in [5.41, 5.74) is 1.00. The molecule has 1 fully saturated rings. The largest absolute Gasteiger partial charge is 0.478 e. The summed E-state index contributed by atoms with van der Waals surface area (Å²) in [4.78, 5) is 23.2. The van der Waals surface area contributed by atoms with Gasteiger partial charge in [0, 0.05) is 0 Å². The second kappa shape index (κ2) is 5.87. The number of hydrogen-bond donors (Lipinski definition) is 1. The first-order valence-corrected chi connectivity index (χ1v) is 6.63. The van der Waals surface area contributed by atoms with Crippen molar-refractivity contribution in [3.63, 3.8) is 0 Å². The molecule has 1 aliphatic carbocycles. The highest BCUT2D eigenvalue weighted by Gasteiger charge is 2.22. The number of hydrogen-bond acceptors (Lipinski definition) is 3. The summed E-state index contributed by atoms with van der Waals surface area (Å²) < 4.78 is 5.42. The molecule has 4 heteroatoms. The first-order chi connectivity index (χ1) is 9.08. The Labute approximate surface area is 112 Å². The van der Waals surface area contributed by atoms with Gasteiger partial charge in [0.2, 0.25) is 0 Å². The molecule has 0 unspecified atom stereocenters. The quantitative estimate of drug-likeness (QED) is 0.850. The highest BCUT2D eigenvalue weighted by Crippen LogP contribution is 2.22. The lowest BCUT2D eigenvalue weighted by molar-refractivity contribution is 0.0206. The highest BCUT2D eigenvalue weighted by molar-refractivity contribution is 6.02. The van der Waals surface area contributed by atoms with E-state index in [2.05, 4.69) is 0 Å². The second-order valence-electron chi connectivity index (χ2n) is 5.02. The maximum atomic E-state index is 12.1. The van der Waals surface area contributed by atoms with Crippen molar-refractivity contribution in [1.29, 1.82) is 0 Å². The van der Waals surface area contributed by atoms with Gasteiger partial charge in [-0.1, -0.05) is 18.1 Å². The van der Waals surface area contributed by atoms with Crippen LogP contribution >= 0.6 is 0 Å². The summed E-state index contributed by atoms with van der Waals surface area (Å²) >= 11 is 0. The lowest BCUT2D eigenvalue weighted by Gasteiger charge is -2.22. The summed E-state index contributed by atoms with van der Waals surface area (Å²) in [5.74, 6) is -1.62. The number of carbonyl (C=O) groups is 2. The van der Waals surface area contributed by atoms with Crippen molar-refractivity contribution in [1.82, 2.24) is 0 Å². The van der Waals surface area contributed by atoms with E-state index >= 15 is 0 Å². The monoisotopic (exact) mass is 262 g/mol. The fourth-order valence-electron chi connectivity index (χ4n) is 2.41. The van der Waals surface area contributed by atoms with E-state index in [0.717, 1.165) is 31.2 Å². The van der Waals surface area contributed by atoms with Crippen molar-refractivity contribution in [3.8, 4) is 0 Å². The van der Waals surface area contributed by atoms with E-state index in [-0.39, 0.29) is 17.2 Å². The van der Waals surface area contributed by atoms with Crippen molar-refractivity contribution in [2.45, 2.75) is 45.1 Å². The van der Waals surface area contributed by atoms with Gasteiger partial charge in [-0.15, -0.1) is 0 Å². The van der Waals surface area contributed by atoms with E-state index in [9.17, 15) is 9.59 Å². The first-order valence-electron chi connectivity index (χ1n) is 6.63. The molecule has 102 valence electrons. The van der Waals surface area contributed by atoms with Crippen molar-refractivity contribution in [2.24, 2.45) is 0 Å². The Bertz CT molecular complexity index is 487. The molecule has 0 aromatic heterocycles. The van der Waals surface area contributed by atoms with Crippen LogP contribution in [-0.4, -0.2) is 23.1 Å². The molecule has 4 nitrogen and oxygen atoms in total. The molecule has 19 heavy (non-hydrogen) atoms. The van der Waals surface area contributed by atoms with Gasteiger partial charge in [0.25, 0.3) is 0 Å². The molecule has 0 heterocycles. The standard InChI is InChI=1S/C15H18O4/c1-10-7-8-12(14(16)17)13(9-10)15(18)19-11-5-3-2-4-6-11/h7-9,11H,2-6H2,1H3,(H,16,17). The molecule has 2 rings (SSSR count). The molecule has 0 amide bonds. The Hall–Kier alpha value is -1.84. The van der Waals surface area contributed by atoms with Gasteiger partial charge >= 0.3 is 11.9 Å². The minimum atomic E-state index is -1.10. The first kappa shape index (κ1) is 13.6. The maximum Gasteiger partial charge on any atom is 0.339 e. The highest BCUT2D eigenvalue weighted by atomic mass is 16.5. The second-order valence-corrected chi connectivity index (χ2v) is 5.02. The minimum absolute atomic E-state index is 0.00593. The molecular formula is C15H18O4. The number of carbonyl (C=O) groups excluding carboxylic acids is 1. The molecule has 0 atom stereocenters. The van der Waals surface area contributed by atoms with Gasteiger partial charge in [-0.2, -0.15) is 0 Å². The van der Waals surface area contributed by atoms with Crippen LogP contribution in [0.3, 0.4) is 0 Å². The predicted molar refractivity (Wildman–Crippen MR) is 70.4 cm³/mol. The number of aryl methyl sites for hydroxylation is 1. The van der Waals surface area contributed by atoms with Gasteiger partial charge < -0.3 is 9.84 Å². The van der Waals surface area contributed by atoms with Crippen LogP contribution < -0.4 is 0 Å². The van der Waals surface area contributed by atoms with Crippen molar-refractivity contribution in [2.75, 3.05) is 0 Å². The zero-order chi connectivity index (χ0) is 13.8. The van der Waals surface area contributed by atoms with Crippen molar-refractivity contribution >= 4 is 11.9 Å². The average Bonchev–Trinajstić information content (AvgIpc) is 2.39. The number of rotatable bonds is 3. The Balaban J connectivity index is 2.17. The summed E-state index contributed by atoms with van der Waals surface area (Å²) in [6.45, 7) is 1.82. The number of esters is 1. The number of carboxylic acid groups (broad SMARTS) is 1. The molecule has 1 saturated carbocycles. The molecule has 1 aromatic carbocycles. The van der Waals surface area contributed by atoms with Gasteiger partial charge in [0.1, 0.15) is 6.10 Å². The molecule has 1 aliphatic rings. The van der Waals surface area contributed by atoms with Crippen LogP contribution in [0.4, 0.5) is 0 Å². The van der Waals surface area contributed by atoms with E-state index in [4.69, 9.17) is 9.84 Å². The lowest BCUT2D eigenvalue weighted by Crippen LogP contribution is -2.22. The van der Waals surface area contributed by atoms with Gasteiger partial charge in [-0.05, 0) is 44.7 Å². The maximum absolute atomic E-state index is 12.1. The third-order valence-corrected chi connectivity index (χ3v) is 3.45. The van der Waals surface area contributed by atoms with Crippen LogP contribution in [0.15, 0.2) is 18.2 Å². The third-order valence-electron chi connectivity index (χ3n) is 3.45. The fourth-order valence-corrected chi connectivity index (χ4v) is 2.41. The molecule has 0 bridgehead atoms. The third kappa shape index (κ3) is 3.34. The molecular weight excluding hydrogens is 244 g/mol. The Morgan fingerprint density at radius 1 is 1.16 bits per heavy atom.